The summed E-state index contributed by atoms with van der Waals surface area (Å²) in [5.41, 5.74) is 19.7. The Hall–Kier alpha value is -2.38. The molecule has 1 aromatic carbocycles. The highest BCUT2D eigenvalue weighted by Gasteiger charge is 2.39. The van der Waals surface area contributed by atoms with Crippen LogP contribution >= 0.6 is 0 Å². The van der Waals surface area contributed by atoms with E-state index >= 15 is 0 Å². The lowest BCUT2D eigenvalue weighted by Gasteiger charge is -2.47. The number of morpholine rings is 1. The second kappa shape index (κ2) is 7.47. The molecule has 2 heterocycles. The predicted molar refractivity (Wildman–Crippen MR) is 103 cm³/mol. The lowest BCUT2D eigenvalue weighted by Crippen LogP contribution is -2.55. The molecule has 26 heavy (non-hydrogen) atoms. The van der Waals surface area contributed by atoms with Gasteiger partial charge in [0.2, 0.25) is 0 Å². The number of nitrogens with two attached hydrogens (primary N) is 3. The lowest BCUT2D eigenvalue weighted by atomic mass is 9.89. The highest BCUT2D eigenvalue weighted by molar-refractivity contribution is 5.69. The summed E-state index contributed by atoms with van der Waals surface area (Å²) in [6, 6.07) is 6.95. The molecule has 3 rings (SSSR count). The minimum Gasteiger partial charge on any atom is -0.507 e. The number of rotatable bonds is 3. The third-order valence-corrected chi connectivity index (χ3v) is 5.26. The van der Waals surface area contributed by atoms with Crippen LogP contribution in [0.4, 0.5) is 0 Å². The zero-order chi connectivity index (χ0) is 18.7. The van der Waals surface area contributed by atoms with E-state index in [0.29, 0.717) is 17.0 Å². The third-order valence-electron chi connectivity index (χ3n) is 5.26. The van der Waals surface area contributed by atoms with Gasteiger partial charge in [0.05, 0.1) is 17.9 Å². The zero-order valence-corrected chi connectivity index (χ0v) is 15.3. The number of allylic oxidation sites excluding steroid dienone is 1. The normalized spacial score (nSPS) is 21.0. The first-order valence-corrected chi connectivity index (χ1v) is 8.98. The maximum atomic E-state index is 10.00. The van der Waals surface area contributed by atoms with E-state index in [2.05, 4.69) is 16.8 Å². The van der Waals surface area contributed by atoms with Gasteiger partial charge in [-0.05, 0) is 38.1 Å². The van der Waals surface area contributed by atoms with Crippen LogP contribution in [0.25, 0.3) is 5.70 Å². The van der Waals surface area contributed by atoms with E-state index in [-0.39, 0.29) is 17.2 Å². The molecular weight excluding hydrogens is 330 g/mol. The summed E-state index contributed by atoms with van der Waals surface area (Å²) in [7, 11) is 2.13. The molecule has 0 amide bonds. The molecule has 2 fully saturated rings. The average molecular weight is 359 g/mol. The largest absolute Gasteiger partial charge is 0.507 e. The predicted octanol–water partition coefficient (Wildman–Crippen LogP) is 0.575. The van der Waals surface area contributed by atoms with Crippen LogP contribution in [0.1, 0.15) is 18.4 Å². The van der Waals surface area contributed by atoms with E-state index in [0.717, 1.165) is 45.6 Å². The third kappa shape index (κ3) is 3.89. The fourth-order valence-electron chi connectivity index (χ4n) is 3.79. The molecule has 1 spiro atoms. The maximum absolute atomic E-state index is 10.00. The number of hydrogen-bond acceptors (Lipinski definition) is 7. The molecule has 1 aromatic rings. The Morgan fingerprint density at radius 3 is 2.46 bits per heavy atom. The van der Waals surface area contributed by atoms with Crippen molar-refractivity contribution < 1.29 is 9.84 Å². The fourth-order valence-corrected chi connectivity index (χ4v) is 3.79. The van der Waals surface area contributed by atoms with E-state index in [1.807, 2.05) is 6.07 Å². The summed E-state index contributed by atoms with van der Waals surface area (Å²) in [6.45, 7) is 4.30. The number of para-hydroxylation sites is 1. The van der Waals surface area contributed by atoms with Crippen molar-refractivity contribution in [2.75, 3.05) is 39.8 Å². The molecule has 0 aliphatic carbocycles. The second-order valence-corrected chi connectivity index (χ2v) is 7.21. The quantitative estimate of drug-likeness (QED) is 0.584. The Balaban J connectivity index is 1.75. The van der Waals surface area contributed by atoms with Crippen LogP contribution in [0.3, 0.4) is 0 Å². The van der Waals surface area contributed by atoms with Gasteiger partial charge in [0.25, 0.3) is 0 Å². The number of hydrogen-bond donors (Lipinski definition) is 4. The Labute approximate surface area is 154 Å². The van der Waals surface area contributed by atoms with Crippen molar-refractivity contribution in [1.82, 2.24) is 9.80 Å². The molecule has 2 saturated heterocycles. The second-order valence-electron chi connectivity index (χ2n) is 7.21. The fraction of sp³-hybridized carbons (Fsp3) is 0.474. The Morgan fingerprint density at radius 2 is 1.85 bits per heavy atom. The van der Waals surface area contributed by atoms with Gasteiger partial charge in [0.15, 0.2) is 0 Å². The minimum absolute atomic E-state index is 0.0784. The number of ether oxygens (including phenoxy) is 1. The summed E-state index contributed by atoms with van der Waals surface area (Å²) < 4.78 is 6.11. The molecule has 0 bridgehead atoms. The molecule has 0 radical (unpaired) electrons. The number of piperidine rings is 1. The van der Waals surface area contributed by atoms with Gasteiger partial charge < -0.3 is 36.8 Å². The first-order valence-electron chi connectivity index (χ1n) is 8.98. The van der Waals surface area contributed by atoms with E-state index in [4.69, 9.17) is 21.9 Å². The molecule has 0 unspecified atom stereocenters. The topological polar surface area (TPSA) is 114 Å². The maximum Gasteiger partial charge on any atom is 0.124 e. The molecule has 142 valence electrons. The molecule has 0 saturated carbocycles. The van der Waals surface area contributed by atoms with E-state index in [1.165, 1.54) is 0 Å². The van der Waals surface area contributed by atoms with Crippen molar-refractivity contribution in [3.05, 3.63) is 47.4 Å². The van der Waals surface area contributed by atoms with Crippen LogP contribution in [-0.2, 0) is 4.74 Å². The standard InChI is InChI=1S/C19H29N5O2/c1-23-10-11-26-19(13-23)6-8-24(9-7-19)16(18(21)22)12-15(20)14-4-2-3-5-17(14)25/h2-5,12,25H,6-11,13,20-22H2,1H3/b15-12-. The van der Waals surface area contributed by atoms with Crippen LogP contribution in [0, 0.1) is 0 Å². The van der Waals surface area contributed by atoms with Gasteiger partial charge in [0, 0.05) is 37.4 Å². The first kappa shape index (κ1) is 18.4. The number of phenolic OH excluding ortho intramolecular Hbond substituents is 1. The number of benzene rings is 1. The highest BCUT2D eigenvalue weighted by atomic mass is 16.5. The summed E-state index contributed by atoms with van der Waals surface area (Å²) in [4.78, 5) is 4.47. The smallest absolute Gasteiger partial charge is 0.124 e. The average Bonchev–Trinajstić information content (AvgIpc) is 2.60. The molecule has 0 atom stereocenters. The van der Waals surface area contributed by atoms with Gasteiger partial charge in [-0.2, -0.15) is 0 Å². The molecular formula is C19H29N5O2. The van der Waals surface area contributed by atoms with Gasteiger partial charge in [-0.1, -0.05) is 12.1 Å². The lowest BCUT2D eigenvalue weighted by molar-refractivity contribution is -0.127. The molecule has 7 N–H and O–H groups in total. The SMILES string of the molecule is CN1CCOC2(CCN(C(/C=C(\N)c3ccccc3O)=C(N)N)CC2)C1. The van der Waals surface area contributed by atoms with Crippen LogP contribution in [-0.4, -0.2) is 60.3 Å². The van der Waals surface area contributed by atoms with Crippen LogP contribution in [0.15, 0.2) is 41.9 Å². The van der Waals surface area contributed by atoms with Gasteiger partial charge in [0.1, 0.15) is 11.6 Å². The molecule has 0 aromatic heterocycles. The van der Waals surface area contributed by atoms with Crippen LogP contribution < -0.4 is 17.2 Å². The number of likely N-dealkylation sites (tertiary alicyclic amines) is 1. The van der Waals surface area contributed by atoms with E-state index < -0.39 is 0 Å². The molecule has 2 aliphatic heterocycles. The van der Waals surface area contributed by atoms with Crippen molar-refractivity contribution in [3.8, 4) is 5.75 Å². The van der Waals surface area contributed by atoms with Crippen molar-refractivity contribution in [2.45, 2.75) is 18.4 Å². The first-order chi connectivity index (χ1) is 12.4. The van der Waals surface area contributed by atoms with Crippen LogP contribution in [0.2, 0.25) is 0 Å². The Morgan fingerprint density at radius 1 is 1.15 bits per heavy atom. The van der Waals surface area contributed by atoms with Gasteiger partial charge in [-0.3, -0.25) is 0 Å². The highest BCUT2D eigenvalue weighted by Crippen LogP contribution is 2.32. The van der Waals surface area contributed by atoms with Gasteiger partial charge >= 0.3 is 0 Å². The van der Waals surface area contributed by atoms with E-state index in [9.17, 15) is 5.11 Å². The number of likely N-dealkylation sites (N-methyl/N-ethyl adjacent to an activating group) is 1. The summed E-state index contributed by atoms with van der Waals surface area (Å²) in [5, 5.41) is 10.00. The van der Waals surface area contributed by atoms with Gasteiger partial charge in [-0.15, -0.1) is 0 Å². The summed E-state index contributed by atoms with van der Waals surface area (Å²) >= 11 is 0. The zero-order valence-electron chi connectivity index (χ0n) is 15.3. The number of phenols is 1. The van der Waals surface area contributed by atoms with Crippen molar-refractivity contribution >= 4 is 5.70 Å². The van der Waals surface area contributed by atoms with Crippen molar-refractivity contribution in [3.63, 3.8) is 0 Å². The summed E-state index contributed by atoms with van der Waals surface area (Å²) in [5.74, 6) is 0.355. The van der Waals surface area contributed by atoms with Crippen molar-refractivity contribution in [2.24, 2.45) is 17.2 Å². The number of nitrogens with zero attached hydrogens (tertiary/aromatic N) is 2. The van der Waals surface area contributed by atoms with Gasteiger partial charge in [-0.25, -0.2) is 0 Å². The monoisotopic (exact) mass is 359 g/mol. The Kier molecular flexibility index (Phi) is 5.29. The molecule has 7 nitrogen and oxygen atoms in total. The van der Waals surface area contributed by atoms with Crippen molar-refractivity contribution in [1.29, 1.82) is 0 Å². The minimum atomic E-state index is -0.0784. The summed E-state index contributed by atoms with van der Waals surface area (Å²) in [6.07, 6.45) is 3.58. The van der Waals surface area contributed by atoms with Crippen LogP contribution in [0.5, 0.6) is 5.75 Å². The molecule has 2 aliphatic rings. The Bertz CT molecular complexity index is 704. The molecule has 7 heteroatoms. The number of aromatic hydroxyl groups is 1. The van der Waals surface area contributed by atoms with E-state index in [1.54, 1.807) is 24.3 Å².